The minimum Gasteiger partial charge on any atom is -0.550 e. The van der Waals surface area contributed by atoms with Crippen LogP contribution in [-0.4, -0.2) is 17.7 Å². The molecular formula is C5H8NO5-. The van der Waals surface area contributed by atoms with Crippen LogP contribution in [0.15, 0.2) is 0 Å². The third-order valence-electron chi connectivity index (χ3n) is 1.08. The Morgan fingerprint density at radius 1 is 1.64 bits per heavy atom. The van der Waals surface area contributed by atoms with Crippen LogP contribution in [0.4, 0.5) is 0 Å². The Bertz CT molecular complexity index is 176. The Labute approximate surface area is 62.9 Å². The number of carboxylic acid groups (broad SMARTS) is 1. The first-order valence-corrected chi connectivity index (χ1v) is 2.85. The van der Waals surface area contributed by atoms with Crippen LogP contribution in [0.25, 0.3) is 0 Å². The van der Waals surface area contributed by atoms with Crippen molar-refractivity contribution in [1.29, 1.82) is 0 Å². The maximum Gasteiger partial charge on any atom is 0.294 e. The highest BCUT2D eigenvalue weighted by Gasteiger charge is 2.20. The lowest BCUT2D eigenvalue weighted by Gasteiger charge is -2.23. The monoisotopic (exact) mass is 162 g/mol. The van der Waals surface area contributed by atoms with Gasteiger partial charge in [-0.15, -0.1) is 10.1 Å². The van der Waals surface area contributed by atoms with Crippen LogP contribution in [-0.2, 0) is 9.63 Å². The number of rotatable bonds is 4. The van der Waals surface area contributed by atoms with Crippen molar-refractivity contribution in [1.82, 2.24) is 0 Å². The summed E-state index contributed by atoms with van der Waals surface area (Å²) in [5.74, 6) is -1.38. The zero-order valence-electron chi connectivity index (χ0n) is 6.20. The number of hydrogen-bond donors (Lipinski definition) is 0. The molecule has 0 saturated heterocycles. The second-order valence-corrected chi connectivity index (χ2v) is 2.67. The molecule has 0 spiro atoms. The molecule has 0 aliphatic rings. The van der Waals surface area contributed by atoms with Gasteiger partial charge in [-0.25, -0.2) is 0 Å². The lowest BCUT2D eigenvalue weighted by Crippen LogP contribution is -2.41. The van der Waals surface area contributed by atoms with Gasteiger partial charge in [-0.1, -0.05) is 13.8 Å². The van der Waals surface area contributed by atoms with Gasteiger partial charge >= 0.3 is 0 Å². The first-order chi connectivity index (χ1) is 4.86. The smallest absolute Gasteiger partial charge is 0.294 e. The normalized spacial score (nSPS) is 10.7. The fourth-order valence-electron chi connectivity index (χ4n) is 0.273. The quantitative estimate of drug-likeness (QED) is 0.389. The van der Waals surface area contributed by atoms with E-state index in [0.29, 0.717) is 0 Å². The van der Waals surface area contributed by atoms with Gasteiger partial charge in [-0.2, -0.15) is 0 Å². The standard InChI is InChI=1S/C5H9NO5/c1-5(2,4(7)8)3-11-6(9)10/h3H2,1-2H3,(H,7,8)/p-1. The van der Waals surface area contributed by atoms with E-state index in [1.807, 2.05) is 0 Å². The van der Waals surface area contributed by atoms with Gasteiger partial charge < -0.3 is 14.7 Å². The van der Waals surface area contributed by atoms with Gasteiger partial charge in [0.2, 0.25) is 0 Å². The third kappa shape index (κ3) is 3.39. The summed E-state index contributed by atoms with van der Waals surface area (Å²) in [6.45, 7) is 2.07. The van der Waals surface area contributed by atoms with E-state index < -0.39 is 23.1 Å². The summed E-state index contributed by atoms with van der Waals surface area (Å²) in [7, 11) is 0. The maximum atomic E-state index is 10.2. The van der Waals surface area contributed by atoms with E-state index in [2.05, 4.69) is 4.84 Å². The van der Waals surface area contributed by atoms with Crippen LogP contribution in [0, 0.1) is 15.5 Å². The minimum atomic E-state index is -1.38. The van der Waals surface area contributed by atoms with Crippen LogP contribution < -0.4 is 5.11 Å². The Morgan fingerprint density at radius 2 is 2.09 bits per heavy atom. The molecule has 0 rings (SSSR count). The first kappa shape index (κ1) is 9.67. The fourth-order valence-corrected chi connectivity index (χ4v) is 0.273. The van der Waals surface area contributed by atoms with Gasteiger partial charge in [-0.3, -0.25) is 0 Å². The molecule has 0 aromatic carbocycles. The zero-order valence-corrected chi connectivity index (χ0v) is 6.20. The molecule has 0 heterocycles. The van der Waals surface area contributed by atoms with Crippen LogP contribution >= 0.6 is 0 Å². The third-order valence-corrected chi connectivity index (χ3v) is 1.08. The van der Waals surface area contributed by atoms with Crippen molar-refractivity contribution in [3.8, 4) is 0 Å². The highest BCUT2D eigenvalue weighted by atomic mass is 16.9. The van der Waals surface area contributed by atoms with Crippen molar-refractivity contribution >= 4 is 5.97 Å². The lowest BCUT2D eigenvalue weighted by atomic mass is 9.96. The van der Waals surface area contributed by atoms with Gasteiger partial charge in [0.25, 0.3) is 5.09 Å². The minimum absolute atomic E-state index is 0.498. The van der Waals surface area contributed by atoms with Crippen molar-refractivity contribution < 1.29 is 19.8 Å². The molecule has 6 nitrogen and oxygen atoms in total. The first-order valence-electron chi connectivity index (χ1n) is 2.85. The molecule has 0 saturated carbocycles. The molecule has 6 heteroatoms. The topological polar surface area (TPSA) is 92.5 Å². The van der Waals surface area contributed by atoms with Gasteiger partial charge in [0.15, 0.2) is 0 Å². The highest BCUT2D eigenvalue weighted by molar-refractivity contribution is 5.71. The second-order valence-electron chi connectivity index (χ2n) is 2.67. The maximum absolute atomic E-state index is 10.2. The average Bonchev–Trinajstić information content (AvgIpc) is 1.84. The SMILES string of the molecule is CC(C)(CO[N+](=O)[O-])C(=O)[O-]. The van der Waals surface area contributed by atoms with E-state index in [9.17, 15) is 20.0 Å². The van der Waals surface area contributed by atoms with Crippen LogP contribution in [0.3, 0.4) is 0 Å². The van der Waals surface area contributed by atoms with E-state index in [4.69, 9.17) is 0 Å². The summed E-state index contributed by atoms with van der Waals surface area (Å²) in [5, 5.41) is 18.8. The van der Waals surface area contributed by atoms with Crippen molar-refractivity contribution in [3.63, 3.8) is 0 Å². The largest absolute Gasteiger partial charge is 0.550 e. The summed E-state index contributed by atoms with van der Waals surface area (Å²) < 4.78 is 0. The number of hydrogen-bond acceptors (Lipinski definition) is 5. The molecule has 0 N–H and O–H groups in total. The van der Waals surface area contributed by atoms with E-state index in [-0.39, 0.29) is 0 Å². The number of nitrogens with zero attached hydrogens (tertiary/aromatic N) is 1. The van der Waals surface area contributed by atoms with E-state index in [1.54, 1.807) is 0 Å². The summed E-state index contributed by atoms with van der Waals surface area (Å²) >= 11 is 0. The molecule has 0 amide bonds. The van der Waals surface area contributed by atoms with Gasteiger partial charge in [0, 0.05) is 11.4 Å². The molecule has 0 aliphatic carbocycles. The number of carbonyl (C=O) groups is 1. The van der Waals surface area contributed by atoms with Gasteiger partial charge in [-0.05, 0) is 0 Å². The molecule has 0 bridgehead atoms. The molecule has 0 aromatic rings. The molecule has 0 atom stereocenters. The molecule has 11 heavy (non-hydrogen) atoms. The Morgan fingerprint density at radius 3 is 2.36 bits per heavy atom. The van der Waals surface area contributed by atoms with Crippen molar-refractivity contribution in [2.45, 2.75) is 13.8 Å². The Hall–Kier alpha value is -1.33. The summed E-state index contributed by atoms with van der Waals surface area (Å²) in [6.07, 6.45) is 0. The number of carboxylic acids is 1. The highest BCUT2D eigenvalue weighted by Crippen LogP contribution is 2.13. The fraction of sp³-hybridized carbons (Fsp3) is 0.800. The molecule has 0 fully saturated rings. The van der Waals surface area contributed by atoms with E-state index in [1.165, 1.54) is 13.8 Å². The number of aliphatic carboxylic acids is 1. The number of carbonyl (C=O) groups excluding carboxylic acids is 1. The lowest BCUT2D eigenvalue weighted by molar-refractivity contribution is -0.760. The molecule has 0 aliphatic heterocycles. The molecule has 0 aromatic heterocycles. The van der Waals surface area contributed by atoms with Crippen molar-refractivity contribution in [2.24, 2.45) is 5.41 Å². The average molecular weight is 162 g/mol. The van der Waals surface area contributed by atoms with Crippen LogP contribution in [0.5, 0.6) is 0 Å². The second kappa shape index (κ2) is 3.18. The molecule has 0 radical (unpaired) electrons. The van der Waals surface area contributed by atoms with Crippen molar-refractivity contribution in [2.75, 3.05) is 6.61 Å². The Kier molecular flexibility index (Phi) is 2.79. The Balaban J connectivity index is 3.92. The predicted molar refractivity (Wildman–Crippen MR) is 31.7 cm³/mol. The van der Waals surface area contributed by atoms with E-state index >= 15 is 0 Å². The van der Waals surface area contributed by atoms with Crippen molar-refractivity contribution in [3.05, 3.63) is 10.1 Å². The van der Waals surface area contributed by atoms with Gasteiger partial charge in [0.05, 0.1) is 0 Å². The molecular weight excluding hydrogens is 154 g/mol. The zero-order chi connectivity index (χ0) is 9.07. The molecule has 64 valence electrons. The summed E-state index contributed by atoms with van der Waals surface area (Å²) in [4.78, 5) is 23.7. The van der Waals surface area contributed by atoms with Crippen LogP contribution in [0.1, 0.15) is 13.8 Å². The summed E-state index contributed by atoms with van der Waals surface area (Å²) in [6, 6.07) is 0. The van der Waals surface area contributed by atoms with E-state index in [0.717, 1.165) is 0 Å². The molecule has 0 unspecified atom stereocenters. The van der Waals surface area contributed by atoms with Crippen LogP contribution in [0.2, 0.25) is 0 Å². The summed E-state index contributed by atoms with van der Waals surface area (Å²) in [5.41, 5.74) is -1.33. The predicted octanol–water partition coefficient (Wildman–Crippen LogP) is -1.03. The van der Waals surface area contributed by atoms with Gasteiger partial charge in [0.1, 0.15) is 6.61 Å².